The molecule has 1 atom stereocenters. The first kappa shape index (κ1) is 12.9. The summed E-state index contributed by atoms with van der Waals surface area (Å²) in [5.41, 5.74) is 2.31. The summed E-state index contributed by atoms with van der Waals surface area (Å²) in [5.74, 6) is 0.0687. The van der Waals surface area contributed by atoms with Crippen LogP contribution in [0.3, 0.4) is 0 Å². The van der Waals surface area contributed by atoms with E-state index in [9.17, 15) is 4.79 Å². The van der Waals surface area contributed by atoms with Gasteiger partial charge in [-0.15, -0.1) is 11.6 Å². The molecule has 2 aliphatic rings. The molecule has 4 heteroatoms. The minimum Gasteiger partial charge on any atom is -0.310 e. The van der Waals surface area contributed by atoms with Crippen molar-refractivity contribution in [2.24, 2.45) is 0 Å². The second-order valence-electron chi connectivity index (χ2n) is 5.37. The zero-order valence-electron chi connectivity index (χ0n) is 11.0. The molecule has 1 aromatic carbocycles. The Bertz CT molecular complexity index is 471. The maximum absolute atomic E-state index is 12.1. The van der Waals surface area contributed by atoms with Crippen molar-refractivity contribution in [1.82, 2.24) is 4.90 Å². The largest absolute Gasteiger partial charge is 0.310 e. The summed E-state index contributed by atoms with van der Waals surface area (Å²) >= 11 is 5.75. The summed E-state index contributed by atoms with van der Waals surface area (Å²) in [7, 11) is 0. The van der Waals surface area contributed by atoms with Crippen LogP contribution in [0.1, 0.15) is 18.4 Å². The number of likely N-dealkylation sites (tertiary alicyclic amines) is 1. The summed E-state index contributed by atoms with van der Waals surface area (Å²) in [4.78, 5) is 16.5. The number of anilines is 1. The lowest BCUT2D eigenvalue weighted by Gasteiger charge is -2.38. The minimum atomic E-state index is 0.0120. The molecule has 1 amide bonds. The molecule has 1 fully saturated rings. The third-order valence-electron chi connectivity index (χ3n) is 4.20. The van der Waals surface area contributed by atoms with Gasteiger partial charge in [0.15, 0.2) is 0 Å². The molecule has 3 rings (SSSR count). The van der Waals surface area contributed by atoms with Crippen molar-refractivity contribution in [3.05, 3.63) is 29.8 Å². The monoisotopic (exact) mass is 278 g/mol. The van der Waals surface area contributed by atoms with Gasteiger partial charge >= 0.3 is 0 Å². The zero-order valence-corrected chi connectivity index (χ0v) is 11.8. The van der Waals surface area contributed by atoms with Crippen molar-refractivity contribution in [3.63, 3.8) is 0 Å². The predicted molar refractivity (Wildman–Crippen MR) is 77.8 cm³/mol. The van der Waals surface area contributed by atoms with Crippen LogP contribution in [0.4, 0.5) is 5.69 Å². The van der Waals surface area contributed by atoms with E-state index in [0.717, 1.165) is 31.7 Å². The maximum Gasteiger partial charge on any atom is 0.241 e. The van der Waals surface area contributed by atoms with E-state index < -0.39 is 0 Å². The van der Waals surface area contributed by atoms with E-state index in [1.54, 1.807) is 0 Å². The number of halogens is 1. The molecule has 102 valence electrons. The van der Waals surface area contributed by atoms with E-state index in [-0.39, 0.29) is 11.8 Å². The third-order valence-corrected chi connectivity index (χ3v) is 4.43. The molecular weight excluding hydrogens is 260 g/mol. The number of para-hydroxylation sites is 1. The first-order valence-corrected chi connectivity index (χ1v) is 7.51. The Morgan fingerprint density at radius 1 is 1.26 bits per heavy atom. The molecule has 0 radical (unpaired) electrons. The molecule has 0 aromatic heterocycles. The molecule has 1 saturated heterocycles. The van der Waals surface area contributed by atoms with Gasteiger partial charge in [-0.25, -0.2) is 0 Å². The first-order chi connectivity index (χ1) is 9.29. The summed E-state index contributed by atoms with van der Waals surface area (Å²) in [5, 5.41) is 0. The van der Waals surface area contributed by atoms with Gasteiger partial charge in [-0.05, 0) is 44.0 Å². The van der Waals surface area contributed by atoms with Crippen LogP contribution in [-0.4, -0.2) is 42.4 Å². The van der Waals surface area contributed by atoms with Crippen LogP contribution >= 0.6 is 11.6 Å². The van der Waals surface area contributed by atoms with Crippen LogP contribution < -0.4 is 4.90 Å². The third kappa shape index (κ3) is 2.49. The number of nitrogens with zero attached hydrogens (tertiary/aromatic N) is 2. The van der Waals surface area contributed by atoms with Crippen molar-refractivity contribution in [2.75, 3.05) is 30.4 Å². The Labute approximate surface area is 119 Å². The molecule has 0 saturated carbocycles. The average molecular weight is 279 g/mol. The lowest BCUT2D eigenvalue weighted by atomic mass is 9.97. The van der Waals surface area contributed by atoms with Crippen molar-refractivity contribution in [3.8, 4) is 0 Å². The fourth-order valence-electron chi connectivity index (χ4n) is 3.23. The van der Waals surface area contributed by atoms with Crippen LogP contribution in [0, 0.1) is 0 Å². The summed E-state index contributed by atoms with van der Waals surface area (Å²) in [6.07, 6.45) is 3.60. The number of hydrogen-bond acceptors (Lipinski definition) is 2. The van der Waals surface area contributed by atoms with Crippen molar-refractivity contribution >= 4 is 23.2 Å². The van der Waals surface area contributed by atoms with E-state index in [0.29, 0.717) is 6.04 Å². The van der Waals surface area contributed by atoms with Crippen LogP contribution in [-0.2, 0) is 11.2 Å². The highest BCUT2D eigenvalue weighted by Crippen LogP contribution is 2.30. The number of hydrogen-bond donors (Lipinski definition) is 0. The Morgan fingerprint density at radius 3 is 2.74 bits per heavy atom. The summed E-state index contributed by atoms with van der Waals surface area (Å²) in [6.45, 7) is 3.11. The molecule has 1 aromatic rings. The number of alkyl halides is 1. The van der Waals surface area contributed by atoms with Gasteiger partial charge in [0.1, 0.15) is 5.88 Å². The van der Waals surface area contributed by atoms with Crippen molar-refractivity contribution < 1.29 is 4.79 Å². The quantitative estimate of drug-likeness (QED) is 0.775. The fourth-order valence-corrected chi connectivity index (χ4v) is 3.38. The second kappa shape index (κ2) is 5.51. The SMILES string of the molecule is O=C(CCl)N1CC(N2CCCC2)Cc2ccccc21. The molecule has 0 bridgehead atoms. The van der Waals surface area contributed by atoms with Crippen molar-refractivity contribution in [1.29, 1.82) is 0 Å². The van der Waals surface area contributed by atoms with Gasteiger partial charge in [-0.3, -0.25) is 9.69 Å². The van der Waals surface area contributed by atoms with Crippen LogP contribution in [0.5, 0.6) is 0 Å². The summed E-state index contributed by atoms with van der Waals surface area (Å²) in [6, 6.07) is 8.65. The predicted octanol–water partition coefficient (Wildman–Crippen LogP) is 2.28. The Balaban J connectivity index is 1.89. The van der Waals surface area contributed by atoms with E-state index >= 15 is 0 Å². The highest BCUT2D eigenvalue weighted by Gasteiger charge is 2.32. The van der Waals surface area contributed by atoms with E-state index in [1.165, 1.54) is 18.4 Å². The maximum atomic E-state index is 12.1. The Kier molecular flexibility index (Phi) is 3.76. The molecule has 0 N–H and O–H groups in total. The van der Waals surface area contributed by atoms with E-state index in [1.807, 2.05) is 17.0 Å². The van der Waals surface area contributed by atoms with Gasteiger partial charge in [0, 0.05) is 18.3 Å². The Morgan fingerprint density at radius 2 is 2.00 bits per heavy atom. The van der Waals surface area contributed by atoms with Gasteiger partial charge in [0.2, 0.25) is 5.91 Å². The normalized spacial score (nSPS) is 23.4. The minimum absolute atomic E-state index is 0.0120. The number of carbonyl (C=O) groups is 1. The standard InChI is InChI=1S/C15H19ClN2O/c16-10-15(19)18-11-13(17-7-3-4-8-17)9-12-5-1-2-6-14(12)18/h1-2,5-6,13H,3-4,7-11H2. The highest BCUT2D eigenvalue weighted by atomic mass is 35.5. The Hall–Kier alpha value is -1.06. The molecule has 0 aliphatic carbocycles. The fraction of sp³-hybridized carbons (Fsp3) is 0.533. The first-order valence-electron chi connectivity index (χ1n) is 6.98. The van der Waals surface area contributed by atoms with Gasteiger partial charge in [-0.2, -0.15) is 0 Å². The van der Waals surface area contributed by atoms with Crippen molar-refractivity contribution in [2.45, 2.75) is 25.3 Å². The molecular formula is C15H19ClN2O. The lowest BCUT2D eigenvalue weighted by Crippen LogP contribution is -2.50. The average Bonchev–Trinajstić information content (AvgIpc) is 2.99. The number of rotatable bonds is 2. The lowest BCUT2D eigenvalue weighted by molar-refractivity contribution is -0.116. The van der Waals surface area contributed by atoms with Gasteiger partial charge in [0.05, 0.1) is 0 Å². The van der Waals surface area contributed by atoms with Gasteiger partial charge < -0.3 is 4.90 Å². The molecule has 19 heavy (non-hydrogen) atoms. The second-order valence-corrected chi connectivity index (χ2v) is 5.63. The number of benzene rings is 1. The smallest absolute Gasteiger partial charge is 0.241 e. The number of carbonyl (C=O) groups excluding carboxylic acids is 1. The number of fused-ring (bicyclic) bond motifs is 1. The topological polar surface area (TPSA) is 23.6 Å². The van der Waals surface area contributed by atoms with Gasteiger partial charge in [-0.1, -0.05) is 18.2 Å². The molecule has 2 heterocycles. The van der Waals surface area contributed by atoms with E-state index in [4.69, 9.17) is 11.6 Å². The summed E-state index contributed by atoms with van der Waals surface area (Å²) < 4.78 is 0. The molecule has 0 spiro atoms. The van der Waals surface area contributed by atoms with Gasteiger partial charge in [0.25, 0.3) is 0 Å². The van der Waals surface area contributed by atoms with E-state index in [2.05, 4.69) is 17.0 Å². The van der Waals surface area contributed by atoms with Crippen LogP contribution in [0.15, 0.2) is 24.3 Å². The van der Waals surface area contributed by atoms with Crippen LogP contribution in [0.2, 0.25) is 0 Å². The highest BCUT2D eigenvalue weighted by molar-refractivity contribution is 6.29. The zero-order chi connectivity index (χ0) is 13.2. The molecule has 3 nitrogen and oxygen atoms in total. The van der Waals surface area contributed by atoms with Crippen LogP contribution in [0.25, 0.3) is 0 Å². The molecule has 2 aliphatic heterocycles. The molecule has 1 unspecified atom stereocenters. The number of amides is 1.